The molecule has 0 saturated carbocycles. The number of sulfonamides is 1. The number of carbonyl (C=O) groups excluding carboxylic acids is 2. The van der Waals surface area contributed by atoms with E-state index in [0.29, 0.717) is 17.3 Å². The highest BCUT2D eigenvalue weighted by Crippen LogP contribution is 2.26. The molecular weight excluding hydrogens is 582 g/mol. The van der Waals surface area contributed by atoms with E-state index in [1.807, 2.05) is 67.6 Å². The minimum absolute atomic E-state index is 0.00121. The Kier molecular flexibility index (Phi) is 11.4. The van der Waals surface area contributed by atoms with E-state index in [2.05, 4.69) is 5.32 Å². The van der Waals surface area contributed by atoms with E-state index in [9.17, 15) is 18.0 Å². The van der Waals surface area contributed by atoms with Crippen molar-refractivity contribution in [3.05, 3.63) is 131 Å². The maximum Gasteiger partial charge on any atom is 0.264 e. The average Bonchev–Trinajstić information content (AvgIpc) is 3.03. The average molecular weight is 618 g/mol. The van der Waals surface area contributed by atoms with E-state index in [-0.39, 0.29) is 23.8 Å². The smallest absolute Gasteiger partial charge is 0.264 e. The summed E-state index contributed by atoms with van der Waals surface area (Å²) in [5.74, 6) is -0.787. The number of rotatable bonds is 14. The van der Waals surface area contributed by atoms with Crippen molar-refractivity contribution in [2.45, 2.75) is 43.7 Å². The zero-order valence-corrected chi connectivity index (χ0v) is 25.7. The van der Waals surface area contributed by atoms with Gasteiger partial charge in [0.05, 0.1) is 10.6 Å². The molecule has 0 fully saturated rings. The number of amides is 2. The zero-order valence-electron chi connectivity index (χ0n) is 24.1. The number of carbonyl (C=O) groups is 2. The fraction of sp³-hybridized carbons (Fsp3) is 0.235. The molecule has 0 spiro atoms. The second-order valence-electron chi connectivity index (χ2n) is 10.2. The van der Waals surface area contributed by atoms with E-state index >= 15 is 0 Å². The van der Waals surface area contributed by atoms with Gasteiger partial charge in [0.15, 0.2) is 0 Å². The first kappa shape index (κ1) is 31.8. The van der Waals surface area contributed by atoms with Crippen molar-refractivity contribution in [1.82, 2.24) is 10.2 Å². The molecule has 2 amide bonds. The SMILES string of the molecule is CCCCNC(=O)[C@@H](Cc1ccccc1)N(Cc1ccccc1)C(=O)CN(c1ccccc1)S(=O)(=O)c1ccc(Cl)cc1. The van der Waals surface area contributed by atoms with E-state index < -0.39 is 28.5 Å². The minimum Gasteiger partial charge on any atom is -0.354 e. The summed E-state index contributed by atoms with van der Waals surface area (Å²) in [5, 5.41) is 3.39. The maximum atomic E-state index is 14.3. The first-order valence-corrected chi connectivity index (χ1v) is 16.1. The van der Waals surface area contributed by atoms with Crippen LogP contribution in [0.5, 0.6) is 0 Å². The quantitative estimate of drug-likeness (QED) is 0.174. The van der Waals surface area contributed by atoms with Gasteiger partial charge in [-0.25, -0.2) is 8.42 Å². The van der Waals surface area contributed by atoms with Crippen molar-refractivity contribution in [1.29, 1.82) is 0 Å². The molecule has 4 rings (SSSR count). The summed E-state index contributed by atoms with van der Waals surface area (Å²) in [7, 11) is -4.17. The topological polar surface area (TPSA) is 86.8 Å². The molecule has 224 valence electrons. The predicted molar refractivity (Wildman–Crippen MR) is 171 cm³/mol. The maximum absolute atomic E-state index is 14.3. The van der Waals surface area contributed by atoms with Crippen LogP contribution in [-0.2, 0) is 32.6 Å². The van der Waals surface area contributed by atoms with Gasteiger partial charge in [0.25, 0.3) is 10.0 Å². The highest BCUT2D eigenvalue weighted by molar-refractivity contribution is 7.92. The Balaban J connectivity index is 1.75. The highest BCUT2D eigenvalue weighted by atomic mass is 35.5. The van der Waals surface area contributed by atoms with Crippen LogP contribution < -0.4 is 9.62 Å². The summed E-state index contributed by atoms with van der Waals surface area (Å²) in [6, 6.07) is 32.3. The van der Waals surface area contributed by atoms with Crippen molar-refractivity contribution >= 4 is 39.1 Å². The Hall–Kier alpha value is -4.14. The lowest BCUT2D eigenvalue weighted by atomic mass is 10.0. The first-order chi connectivity index (χ1) is 20.8. The molecule has 0 heterocycles. The van der Waals surface area contributed by atoms with Crippen LogP contribution in [0.25, 0.3) is 0 Å². The largest absolute Gasteiger partial charge is 0.354 e. The number of para-hydroxylation sites is 1. The van der Waals surface area contributed by atoms with Gasteiger partial charge in [-0.2, -0.15) is 0 Å². The third-order valence-corrected chi connectivity index (χ3v) is 9.06. The third kappa shape index (κ3) is 8.69. The van der Waals surface area contributed by atoms with Crippen LogP contribution >= 0.6 is 11.6 Å². The standard InChI is InChI=1S/C34H36ClN3O4S/c1-2-3-23-36-34(40)32(24-27-13-7-4-8-14-27)37(25-28-15-9-5-10-16-28)33(39)26-38(30-17-11-6-12-18-30)43(41,42)31-21-19-29(35)20-22-31/h4-22,32H,2-3,23-26H2,1H3,(H,36,40)/t32-/m1/s1. The summed E-state index contributed by atoms with van der Waals surface area (Å²) in [4.78, 5) is 29.6. The van der Waals surface area contributed by atoms with Crippen LogP contribution in [-0.4, -0.2) is 44.3 Å². The monoisotopic (exact) mass is 617 g/mol. The molecule has 0 radical (unpaired) electrons. The van der Waals surface area contributed by atoms with Gasteiger partial charge in [-0.1, -0.05) is 104 Å². The lowest BCUT2D eigenvalue weighted by Crippen LogP contribution is -2.53. The van der Waals surface area contributed by atoms with Crippen molar-refractivity contribution in [3.63, 3.8) is 0 Å². The van der Waals surface area contributed by atoms with Crippen LogP contribution in [0.2, 0.25) is 5.02 Å². The minimum atomic E-state index is -4.17. The summed E-state index contributed by atoms with van der Waals surface area (Å²) in [6.45, 7) is 2.14. The summed E-state index contributed by atoms with van der Waals surface area (Å²) >= 11 is 6.03. The number of halogens is 1. The molecule has 43 heavy (non-hydrogen) atoms. The second-order valence-corrected chi connectivity index (χ2v) is 12.5. The third-order valence-electron chi connectivity index (χ3n) is 7.02. The fourth-order valence-electron chi connectivity index (χ4n) is 4.70. The molecule has 0 aromatic heterocycles. The number of benzene rings is 4. The second kappa shape index (κ2) is 15.4. The van der Waals surface area contributed by atoms with Crippen molar-refractivity contribution < 1.29 is 18.0 Å². The Labute approximate surface area is 259 Å². The van der Waals surface area contributed by atoms with Crippen LogP contribution in [0.3, 0.4) is 0 Å². The van der Waals surface area contributed by atoms with Crippen LogP contribution in [0.15, 0.2) is 120 Å². The van der Waals surface area contributed by atoms with Gasteiger partial charge in [0, 0.05) is 24.5 Å². The van der Waals surface area contributed by atoms with Crippen molar-refractivity contribution in [3.8, 4) is 0 Å². The van der Waals surface area contributed by atoms with E-state index in [4.69, 9.17) is 11.6 Å². The van der Waals surface area contributed by atoms with E-state index in [1.165, 1.54) is 29.2 Å². The summed E-state index contributed by atoms with van der Waals surface area (Å²) in [5.41, 5.74) is 2.04. The molecule has 0 unspecified atom stereocenters. The van der Waals surface area contributed by atoms with Gasteiger partial charge in [0.2, 0.25) is 11.8 Å². The molecule has 0 bridgehead atoms. The number of anilines is 1. The summed E-state index contributed by atoms with van der Waals surface area (Å²) < 4.78 is 29.0. The lowest BCUT2D eigenvalue weighted by molar-refractivity contribution is -0.140. The van der Waals surface area contributed by atoms with Gasteiger partial charge < -0.3 is 10.2 Å². The van der Waals surface area contributed by atoms with Crippen LogP contribution in [0.1, 0.15) is 30.9 Å². The Morgan fingerprint density at radius 2 is 1.35 bits per heavy atom. The van der Waals surface area contributed by atoms with E-state index in [0.717, 1.165) is 28.3 Å². The molecule has 7 nitrogen and oxygen atoms in total. The van der Waals surface area contributed by atoms with Crippen molar-refractivity contribution in [2.24, 2.45) is 0 Å². The van der Waals surface area contributed by atoms with Gasteiger partial charge >= 0.3 is 0 Å². The fourth-order valence-corrected chi connectivity index (χ4v) is 6.24. The lowest BCUT2D eigenvalue weighted by Gasteiger charge is -2.34. The van der Waals surface area contributed by atoms with Gasteiger partial charge in [-0.15, -0.1) is 0 Å². The van der Waals surface area contributed by atoms with Gasteiger partial charge in [0.1, 0.15) is 12.6 Å². The molecule has 1 atom stereocenters. The first-order valence-electron chi connectivity index (χ1n) is 14.3. The van der Waals surface area contributed by atoms with Crippen molar-refractivity contribution in [2.75, 3.05) is 17.4 Å². The number of nitrogens with one attached hydrogen (secondary N) is 1. The van der Waals surface area contributed by atoms with Gasteiger partial charge in [-0.3, -0.25) is 13.9 Å². The molecule has 0 aliphatic rings. The Morgan fingerprint density at radius 3 is 1.93 bits per heavy atom. The van der Waals surface area contributed by atoms with E-state index in [1.54, 1.807) is 30.3 Å². The highest BCUT2D eigenvalue weighted by Gasteiger charge is 2.34. The van der Waals surface area contributed by atoms with Crippen LogP contribution in [0, 0.1) is 0 Å². The molecule has 1 N–H and O–H groups in total. The van der Waals surface area contributed by atoms with Gasteiger partial charge in [-0.05, 0) is 53.9 Å². The normalized spacial score (nSPS) is 11.9. The number of nitrogens with zero attached hydrogens (tertiary/aromatic N) is 2. The zero-order chi connectivity index (χ0) is 30.7. The number of unbranched alkanes of at least 4 members (excludes halogenated alkanes) is 1. The molecule has 4 aromatic rings. The predicted octanol–water partition coefficient (Wildman–Crippen LogP) is 6.09. The molecule has 0 aliphatic carbocycles. The number of hydrogen-bond acceptors (Lipinski definition) is 4. The molecular formula is C34H36ClN3O4S. The molecule has 9 heteroatoms. The Bertz CT molecular complexity index is 1570. The Morgan fingerprint density at radius 1 is 0.791 bits per heavy atom. The number of hydrogen-bond donors (Lipinski definition) is 1. The molecule has 0 saturated heterocycles. The molecule has 0 aliphatic heterocycles. The summed E-state index contributed by atoms with van der Waals surface area (Å²) in [6.07, 6.45) is 1.98. The van der Waals surface area contributed by atoms with Crippen LogP contribution in [0.4, 0.5) is 5.69 Å². The molecule has 4 aromatic carbocycles.